The van der Waals surface area contributed by atoms with Gasteiger partial charge in [-0.25, -0.2) is 0 Å². The first-order chi connectivity index (χ1) is 8.81. The van der Waals surface area contributed by atoms with Crippen LogP contribution in [-0.4, -0.2) is 54.9 Å². The van der Waals surface area contributed by atoms with Crippen LogP contribution in [0.25, 0.3) is 0 Å². The number of likely N-dealkylation sites (tertiary alicyclic amines) is 2. The van der Waals surface area contributed by atoms with Gasteiger partial charge in [0.2, 0.25) is 0 Å². The summed E-state index contributed by atoms with van der Waals surface area (Å²) in [6, 6.07) is 0.776. The second kappa shape index (κ2) is 5.30. The van der Waals surface area contributed by atoms with E-state index in [2.05, 4.69) is 9.80 Å². The van der Waals surface area contributed by atoms with Gasteiger partial charge in [-0.2, -0.15) is 0 Å². The summed E-state index contributed by atoms with van der Waals surface area (Å²) in [5.41, 5.74) is 0.0138. The van der Waals surface area contributed by atoms with Crippen LogP contribution in [0.1, 0.15) is 44.9 Å². The Morgan fingerprint density at radius 1 is 1.06 bits per heavy atom. The molecule has 2 heterocycles. The Morgan fingerprint density at radius 3 is 2.44 bits per heavy atom. The quantitative estimate of drug-likeness (QED) is 0.712. The van der Waals surface area contributed by atoms with Crippen molar-refractivity contribution in [3.63, 3.8) is 0 Å². The second-order valence-electron chi connectivity index (χ2n) is 6.61. The molecule has 3 nitrogen and oxygen atoms in total. The van der Waals surface area contributed by atoms with Gasteiger partial charge in [-0.15, -0.1) is 0 Å². The molecule has 0 aromatic rings. The summed E-state index contributed by atoms with van der Waals surface area (Å²) < 4.78 is 0. The molecule has 3 aliphatic rings. The van der Waals surface area contributed by atoms with E-state index in [1.54, 1.807) is 0 Å². The number of nitrogens with zero attached hydrogens (tertiary/aromatic N) is 2. The fourth-order valence-electron chi connectivity index (χ4n) is 4.20. The standard InChI is InChI=1S/C15H26N2O/c18-13-15(6-1-2-7-15)12-16-10-5-14(11-16)17-8-3-4-9-17/h13-14H,1-12H2. The summed E-state index contributed by atoms with van der Waals surface area (Å²) >= 11 is 0. The van der Waals surface area contributed by atoms with Gasteiger partial charge in [0, 0.05) is 24.5 Å². The molecule has 1 aliphatic carbocycles. The highest BCUT2D eigenvalue weighted by molar-refractivity contribution is 5.60. The average Bonchev–Trinajstić information content (AvgIpc) is 3.10. The summed E-state index contributed by atoms with van der Waals surface area (Å²) in [6.07, 6.45) is 10.1. The molecule has 0 spiro atoms. The van der Waals surface area contributed by atoms with Crippen molar-refractivity contribution in [3.05, 3.63) is 0 Å². The minimum absolute atomic E-state index is 0.0138. The minimum Gasteiger partial charge on any atom is -0.303 e. The Bertz CT molecular complexity index is 293. The highest BCUT2D eigenvalue weighted by Crippen LogP contribution is 2.37. The van der Waals surface area contributed by atoms with Crippen molar-refractivity contribution >= 4 is 6.29 Å². The SMILES string of the molecule is O=CC1(CN2CCC(N3CCCC3)C2)CCCC1. The van der Waals surface area contributed by atoms with E-state index in [1.807, 2.05) is 0 Å². The van der Waals surface area contributed by atoms with E-state index in [0.29, 0.717) is 0 Å². The highest BCUT2D eigenvalue weighted by Gasteiger charge is 2.38. The van der Waals surface area contributed by atoms with Crippen molar-refractivity contribution in [2.24, 2.45) is 5.41 Å². The predicted octanol–water partition coefficient (Wildman–Crippen LogP) is 1.92. The summed E-state index contributed by atoms with van der Waals surface area (Å²) in [7, 11) is 0. The lowest BCUT2D eigenvalue weighted by molar-refractivity contribution is -0.116. The third-order valence-corrected chi connectivity index (χ3v) is 5.29. The Morgan fingerprint density at radius 2 is 1.78 bits per heavy atom. The van der Waals surface area contributed by atoms with Gasteiger partial charge >= 0.3 is 0 Å². The number of carbonyl (C=O) groups excluding carboxylic acids is 1. The molecule has 3 heteroatoms. The smallest absolute Gasteiger partial charge is 0.127 e. The first-order valence-corrected chi connectivity index (χ1v) is 7.74. The molecule has 1 saturated carbocycles. The fourth-order valence-corrected chi connectivity index (χ4v) is 4.20. The maximum absolute atomic E-state index is 11.4. The van der Waals surface area contributed by atoms with Crippen LogP contribution in [0.2, 0.25) is 0 Å². The summed E-state index contributed by atoms with van der Waals surface area (Å²) in [5.74, 6) is 0. The van der Waals surface area contributed by atoms with Crippen molar-refractivity contribution < 1.29 is 4.79 Å². The zero-order valence-corrected chi connectivity index (χ0v) is 11.4. The van der Waals surface area contributed by atoms with Crippen molar-refractivity contribution in [2.75, 3.05) is 32.7 Å². The maximum Gasteiger partial charge on any atom is 0.127 e. The van der Waals surface area contributed by atoms with Gasteiger partial charge in [-0.1, -0.05) is 12.8 Å². The van der Waals surface area contributed by atoms with E-state index in [-0.39, 0.29) is 5.41 Å². The lowest BCUT2D eigenvalue weighted by atomic mass is 9.87. The number of hydrogen-bond acceptors (Lipinski definition) is 3. The summed E-state index contributed by atoms with van der Waals surface area (Å²) in [5, 5.41) is 0. The van der Waals surface area contributed by atoms with Crippen LogP contribution >= 0.6 is 0 Å². The number of carbonyl (C=O) groups is 1. The summed E-state index contributed by atoms with van der Waals surface area (Å²) in [6.45, 7) is 6.04. The molecule has 1 unspecified atom stereocenters. The third-order valence-electron chi connectivity index (χ3n) is 5.29. The van der Waals surface area contributed by atoms with E-state index in [9.17, 15) is 4.79 Å². The average molecular weight is 250 g/mol. The Kier molecular flexibility index (Phi) is 3.71. The first kappa shape index (κ1) is 12.6. The molecule has 3 fully saturated rings. The first-order valence-electron chi connectivity index (χ1n) is 7.74. The lowest BCUT2D eigenvalue weighted by Crippen LogP contribution is -2.39. The molecular formula is C15H26N2O. The zero-order chi connectivity index (χ0) is 12.4. The maximum atomic E-state index is 11.4. The molecule has 2 saturated heterocycles. The molecule has 18 heavy (non-hydrogen) atoms. The van der Waals surface area contributed by atoms with E-state index in [1.165, 1.54) is 64.6 Å². The molecular weight excluding hydrogens is 224 g/mol. The molecule has 0 bridgehead atoms. The Hall–Kier alpha value is -0.410. The minimum atomic E-state index is 0.0138. The fraction of sp³-hybridized carbons (Fsp3) is 0.933. The van der Waals surface area contributed by atoms with Gasteiger partial charge in [-0.05, 0) is 51.7 Å². The Balaban J connectivity index is 1.53. The topological polar surface area (TPSA) is 23.6 Å². The molecule has 0 aromatic carbocycles. The van der Waals surface area contributed by atoms with Crippen molar-refractivity contribution in [3.8, 4) is 0 Å². The monoisotopic (exact) mass is 250 g/mol. The van der Waals surface area contributed by atoms with Crippen LogP contribution in [0.5, 0.6) is 0 Å². The van der Waals surface area contributed by atoms with Crippen molar-refractivity contribution in [2.45, 2.75) is 51.0 Å². The van der Waals surface area contributed by atoms with Crippen molar-refractivity contribution in [1.82, 2.24) is 9.80 Å². The van der Waals surface area contributed by atoms with Gasteiger partial charge in [0.25, 0.3) is 0 Å². The molecule has 102 valence electrons. The molecule has 2 aliphatic heterocycles. The predicted molar refractivity (Wildman–Crippen MR) is 72.6 cm³/mol. The van der Waals surface area contributed by atoms with Crippen LogP contribution in [-0.2, 0) is 4.79 Å². The molecule has 0 amide bonds. The number of rotatable bonds is 4. The largest absolute Gasteiger partial charge is 0.303 e. The third kappa shape index (κ3) is 2.48. The van der Waals surface area contributed by atoms with Crippen LogP contribution in [0.15, 0.2) is 0 Å². The van der Waals surface area contributed by atoms with Crippen LogP contribution in [0, 0.1) is 5.41 Å². The van der Waals surface area contributed by atoms with Gasteiger partial charge in [0.15, 0.2) is 0 Å². The highest BCUT2D eigenvalue weighted by atomic mass is 16.1. The van der Waals surface area contributed by atoms with Crippen LogP contribution in [0.3, 0.4) is 0 Å². The van der Waals surface area contributed by atoms with Gasteiger partial charge in [0.1, 0.15) is 6.29 Å². The molecule has 0 N–H and O–H groups in total. The molecule has 0 aromatic heterocycles. The van der Waals surface area contributed by atoms with E-state index in [0.717, 1.165) is 25.4 Å². The number of aldehydes is 1. The van der Waals surface area contributed by atoms with Crippen molar-refractivity contribution in [1.29, 1.82) is 0 Å². The van der Waals surface area contributed by atoms with Crippen LogP contribution < -0.4 is 0 Å². The number of hydrogen-bond donors (Lipinski definition) is 0. The zero-order valence-electron chi connectivity index (χ0n) is 11.4. The Labute approximate surface area is 111 Å². The van der Waals surface area contributed by atoms with E-state index in [4.69, 9.17) is 0 Å². The normalized spacial score (nSPS) is 33.2. The summed E-state index contributed by atoms with van der Waals surface area (Å²) in [4.78, 5) is 16.6. The van der Waals surface area contributed by atoms with Gasteiger partial charge in [0.05, 0.1) is 0 Å². The van der Waals surface area contributed by atoms with E-state index >= 15 is 0 Å². The molecule has 0 radical (unpaired) electrons. The van der Waals surface area contributed by atoms with Crippen LogP contribution in [0.4, 0.5) is 0 Å². The molecule has 3 rings (SSSR count). The molecule has 1 atom stereocenters. The lowest BCUT2D eigenvalue weighted by Gasteiger charge is -2.29. The van der Waals surface area contributed by atoms with Gasteiger partial charge in [-0.3, -0.25) is 4.90 Å². The van der Waals surface area contributed by atoms with E-state index < -0.39 is 0 Å². The van der Waals surface area contributed by atoms with Gasteiger partial charge < -0.3 is 9.69 Å². The second-order valence-corrected chi connectivity index (χ2v) is 6.61.